The topological polar surface area (TPSA) is 46.5 Å². The zero-order valence-corrected chi connectivity index (χ0v) is 8.75. The summed E-state index contributed by atoms with van der Waals surface area (Å²) < 4.78 is 5.00. The van der Waals surface area contributed by atoms with Crippen LogP contribution in [0, 0.1) is 5.92 Å². The van der Waals surface area contributed by atoms with Gasteiger partial charge in [-0.25, -0.2) is 0 Å². The number of ether oxygens (including phenoxy) is 1. The number of carbonyl (C=O) groups is 1. The van der Waals surface area contributed by atoms with Crippen molar-refractivity contribution >= 4 is 5.97 Å². The molecule has 3 heteroatoms. The van der Waals surface area contributed by atoms with Crippen LogP contribution in [0.4, 0.5) is 0 Å². The Hall–Kier alpha value is -0.570. The fraction of sp³-hybridized carbons (Fsp3) is 0.900. The zero-order chi connectivity index (χ0) is 10.3. The second kappa shape index (κ2) is 6.89. The third kappa shape index (κ3) is 5.64. The molecule has 0 heterocycles. The molecule has 13 heavy (non-hydrogen) atoms. The van der Waals surface area contributed by atoms with Gasteiger partial charge in [0.05, 0.1) is 18.6 Å². The van der Waals surface area contributed by atoms with Gasteiger partial charge < -0.3 is 9.84 Å². The first-order valence-corrected chi connectivity index (χ1v) is 4.96. The van der Waals surface area contributed by atoms with Gasteiger partial charge in [-0.3, -0.25) is 4.79 Å². The van der Waals surface area contributed by atoms with Crippen molar-refractivity contribution in [2.45, 2.75) is 46.1 Å². The highest BCUT2D eigenvalue weighted by atomic mass is 16.5. The number of esters is 1. The summed E-state index contributed by atoms with van der Waals surface area (Å²) in [5.41, 5.74) is 0. The van der Waals surface area contributed by atoms with Gasteiger partial charge in [-0.2, -0.15) is 0 Å². The lowest BCUT2D eigenvalue weighted by molar-refractivity contribution is -0.149. The van der Waals surface area contributed by atoms with Gasteiger partial charge in [-0.15, -0.1) is 0 Å². The van der Waals surface area contributed by atoms with Crippen LogP contribution >= 0.6 is 0 Å². The van der Waals surface area contributed by atoms with Gasteiger partial charge in [0.25, 0.3) is 0 Å². The summed E-state index contributed by atoms with van der Waals surface area (Å²) in [6.07, 6.45) is 1.77. The molecule has 0 bridgehead atoms. The van der Waals surface area contributed by atoms with Gasteiger partial charge in [0.2, 0.25) is 0 Å². The number of hydrogen-bond donors (Lipinski definition) is 1. The predicted molar refractivity (Wildman–Crippen MR) is 51.3 cm³/mol. The van der Waals surface area contributed by atoms with E-state index in [0.717, 1.165) is 12.8 Å². The molecule has 0 aromatic heterocycles. The van der Waals surface area contributed by atoms with E-state index >= 15 is 0 Å². The second-order valence-electron chi connectivity index (χ2n) is 3.32. The average molecular weight is 188 g/mol. The molecular formula is C10H20O3. The van der Waals surface area contributed by atoms with E-state index in [1.165, 1.54) is 0 Å². The lowest BCUT2D eigenvalue weighted by atomic mass is 10.0. The van der Waals surface area contributed by atoms with E-state index in [1.54, 1.807) is 6.92 Å². The fourth-order valence-electron chi connectivity index (χ4n) is 1.07. The molecule has 0 amide bonds. The Morgan fingerprint density at radius 2 is 1.92 bits per heavy atom. The highest BCUT2D eigenvalue weighted by Gasteiger charge is 2.15. The third-order valence-electron chi connectivity index (χ3n) is 2.10. The summed E-state index contributed by atoms with van der Waals surface area (Å²) in [7, 11) is 0. The van der Waals surface area contributed by atoms with Gasteiger partial charge >= 0.3 is 5.97 Å². The molecule has 3 nitrogen and oxygen atoms in total. The Morgan fingerprint density at radius 3 is 2.31 bits per heavy atom. The van der Waals surface area contributed by atoms with Gasteiger partial charge in [-0.1, -0.05) is 13.8 Å². The predicted octanol–water partition coefficient (Wildman–Crippen LogP) is 1.74. The first-order valence-electron chi connectivity index (χ1n) is 4.96. The van der Waals surface area contributed by atoms with Crippen molar-refractivity contribution in [1.82, 2.24) is 0 Å². The molecule has 0 aromatic carbocycles. The molecule has 0 spiro atoms. The minimum Gasteiger partial charge on any atom is -0.465 e. The van der Waals surface area contributed by atoms with Crippen LogP contribution < -0.4 is 0 Å². The molecule has 0 saturated heterocycles. The molecule has 0 radical (unpaired) electrons. The first-order chi connectivity index (χ1) is 6.11. The lowest BCUT2D eigenvalue weighted by Crippen LogP contribution is -2.18. The molecule has 0 fully saturated rings. The molecule has 0 saturated carbocycles. The smallest absolute Gasteiger partial charge is 0.308 e. The molecule has 78 valence electrons. The van der Waals surface area contributed by atoms with Gasteiger partial charge in [0, 0.05) is 6.42 Å². The second-order valence-corrected chi connectivity index (χ2v) is 3.32. The average Bonchev–Trinajstić information content (AvgIpc) is 2.05. The van der Waals surface area contributed by atoms with Crippen molar-refractivity contribution in [1.29, 1.82) is 0 Å². The molecular weight excluding hydrogens is 168 g/mol. The summed E-state index contributed by atoms with van der Waals surface area (Å²) in [5, 5.41) is 8.93. The Kier molecular flexibility index (Phi) is 6.59. The van der Waals surface area contributed by atoms with Crippen LogP contribution in [0.3, 0.4) is 0 Å². The summed E-state index contributed by atoms with van der Waals surface area (Å²) in [6, 6.07) is 0. The van der Waals surface area contributed by atoms with E-state index in [-0.39, 0.29) is 11.9 Å². The number of hydrogen-bond acceptors (Lipinski definition) is 3. The van der Waals surface area contributed by atoms with Crippen LogP contribution in [0.1, 0.15) is 40.0 Å². The standard InChI is InChI=1S/C10H20O3/c1-4-9(5-2)10(12)13-7-6-8(3)11/h8-9,11H,4-7H2,1-3H3. The number of aliphatic hydroxyl groups is 1. The third-order valence-corrected chi connectivity index (χ3v) is 2.10. The van der Waals surface area contributed by atoms with Crippen molar-refractivity contribution in [3.63, 3.8) is 0 Å². The normalized spacial score (nSPS) is 13.0. The summed E-state index contributed by atoms with van der Waals surface area (Å²) >= 11 is 0. The maximum absolute atomic E-state index is 11.3. The molecule has 1 atom stereocenters. The number of aliphatic hydroxyl groups excluding tert-OH is 1. The molecule has 0 aliphatic carbocycles. The molecule has 0 aromatic rings. The maximum Gasteiger partial charge on any atom is 0.308 e. The van der Waals surface area contributed by atoms with Crippen molar-refractivity contribution in [2.24, 2.45) is 5.92 Å². The molecule has 0 aliphatic rings. The van der Waals surface area contributed by atoms with E-state index in [2.05, 4.69) is 0 Å². The van der Waals surface area contributed by atoms with Crippen LogP contribution in [-0.4, -0.2) is 23.8 Å². The van der Waals surface area contributed by atoms with Crippen LogP contribution in [0.2, 0.25) is 0 Å². The summed E-state index contributed by atoms with van der Waals surface area (Å²) in [5.74, 6) is -0.111. The van der Waals surface area contributed by atoms with Crippen LogP contribution in [0.25, 0.3) is 0 Å². The zero-order valence-electron chi connectivity index (χ0n) is 8.75. The van der Waals surface area contributed by atoms with E-state index < -0.39 is 6.10 Å². The van der Waals surface area contributed by atoms with E-state index in [0.29, 0.717) is 13.0 Å². The Bertz CT molecular complexity index is 139. The van der Waals surface area contributed by atoms with Gasteiger partial charge in [0.1, 0.15) is 0 Å². The molecule has 0 rings (SSSR count). The summed E-state index contributed by atoms with van der Waals surface area (Å²) in [6.45, 7) is 5.96. The van der Waals surface area contributed by atoms with Crippen molar-refractivity contribution in [3.05, 3.63) is 0 Å². The van der Waals surface area contributed by atoms with Gasteiger partial charge in [0.15, 0.2) is 0 Å². The van der Waals surface area contributed by atoms with Crippen molar-refractivity contribution in [2.75, 3.05) is 6.61 Å². The highest BCUT2D eigenvalue weighted by molar-refractivity contribution is 5.72. The monoisotopic (exact) mass is 188 g/mol. The van der Waals surface area contributed by atoms with Crippen LogP contribution in [-0.2, 0) is 9.53 Å². The number of rotatable bonds is 6. The summed E-state index contributed by atoms with van der Waals surface area (Å²) in [4.78, 5) is 11.3. The fourth-order valence-corrected chi connectivity index (χ4v) is 1.07. The quantitative estimate of drug-likeness (QED) is 0.646. The minimum absolute atomic E-state index is 0.0222. The minimum atomic E-state index is -0.394. The molecule has 1 N–H and O–H groups in total. The van der Waals surface area contributed by atoms with Crippen molar-refractivity contribution < 1.29 is 14.6 Å². The van der Waals surface area contributed by atoms with E-state index in [9.17, 15) is 4.79 Å². The van der Waals surface area contributed by atoms with Gasteiger partial charge in [-0.05, 0) is 19.8 Å². The lowest BCUT2D eigenvalue weighted by Gasteiger charge is -2.12. The first kappa shape index (κ1) is 12.4. The SMILES string of the molecule is CCC(CC)C(=O)OCCC(C)O. The highest BCUT2D eigenvalue weighted by Crippen LogP contribution is 2.09. The Labute approximate surface area is 80.1 Å². The van der Waals surface area contributed by atoms with Crippen molar-refractivity contribution in [3.8, 4) is 0 Å². The van der Waals surface area contributed by atoms with E-state index in [1.807, 2.05) is 13.8 Å². The molecule has 1 unspecified atom stereocenters. The Balaban J connectivity index is 3.60. The largest absolute Gasteiger partial charge is 0.465 e. The Morgan fingerprint density at radius 1 is 1.38 bits per heavy atom. The number of carbonyl (C=O) groups excluding carboxylic acids is 1. The van der Waals surface area contributed by atoms with Crippen LogP contribution in [0.15, 0.2) is 0 Å². The molecule has 0 aliphatic heterocycles. The maximum atomic E-state index is 11.3. The van der Waals surface area contributed by atoms with E-state index in [4.69, 9.17) is 9.84 Å². The van der Waals surface area contributed by atoms with Crippen LogP contribution in [0.5, 0.6) is 0 Å².